The largest absolute Gasteiger partial charge is 0.491 e. The van der Waals surface area contributed by atoms with Gasteiger partial charge in [-0.25, -0.2) is 4.98 Å². The first-order chi connectivity index (χ1) is 16.0. The number of nitrogens with zero attached hydrogens (tertiary/aromatic N) is 2. The van der Waals surface area contributed by atoms with Gasteiger partial charge in [0.05, 0.1) is 23.6 Å². The second-order valence-corrected chi connectivity index (χ2v) is 11.0. The number of nitrogens with one attached hydrogen (secondary N) is 1. The maximum atomic E-state index is 11.4. The van der Waals surface area contributed by atoms with Crippen molar-refractivity contribution in [3.63, 3.8) is 0 Å². The molecule has 0 saturated heterocycles. The number of aliphatic carboxylic acids is 1. The molecule has 1 aromatic heterocycles. The van der Waals surface area contributed by atoms with Gasteiger partial charge in [0.15, 0.2) is 0 Å². The van der Waals surface area contributed by atoms with E-state index in [0.717, 1.165) is 52.4 Å². The fourth-order valence-corrected chi connectivity index (χ4v) is 5.61. The van der Waals surface area contributed by atoms with E-state index in [1.165, 1.54) is 6.42 Å². The molecule has 6 nitrogen and oxygen atoms in total. The zero-order valence-corrected chi connectivity index (χ0v) is 21.2. The van der Waals surface area contributed by atoms with Crippen molar-refractivity contribution >= 4 is 28.6 Å². The number of carboxylic acid groups (broad SMARTS) is 1. The van der Waals surface area contributed by atoms with E-state index in [4.69, 9.17) is 9.72 Å². The van der Waals surface area contributed by atoms with E-state index in [0.29, 0.717) is 12.0 Å². The lowest BCUT2D eigenvalue weighted by Crippen LogP contribution is -2.29. The number of carboxylic acids is 1. The number of rotatable bonds is 7. The summed E-state index contributed by atoms with van der Waals surface area (Å²) in [7, 11) is 0. The highest BCUT2D eigenvalue weighted by Crippen LogP contribution is 2.46. The molecular weight excluding hydrogens is 426 g/mol. The lowest BCUT2D eigenvalue weighted by atomic mass is 9.70. The molecule has 0 spiro atoms. The Kier molecular flexibility index (Phi) is 6.61. The maximum absolute atomic E-state index is 11.4. The zero-order chi connectivity index (χ0) is 24.6. The van der Waals surface area contributed by atoms with E-state index in [1.54, 1.807) is 0 Å². The summed E-state index contributed by atoms with van der Waals surface area (Å²) in [6, 6.07) is 12.3. The Morgan fingerprint density at radius 3 is 2.56 bits per heavy atom. The molecule has 1 fully saturated rings. The number of carbonyl (C=O) groups is 1. The van der Waals surface area contributed by atoms with Crippen molar-refractivity contribution < 1.29 is 14.6 Å². The van der Waals surface area contributed by atoms with E-state index in [2.05, 4.69) is 36.7 Å². The van der Waals surface area contributed by atoms with Crippen molar-refractivity contribution in [2.45, 2.75) is 79.4 Å². The van der Waals surface area contributed by atoms with Gasteiger partial charge in [0.1, 0.15) is 5.75 Å². The summed E-state index contributed by atoms with van der Waals surface area (Å²) >= 11 is 0. The van der Waals surface area contributed by atoms with Gasteiger partial charge in [0.25, 0.3) is 0 Å². The third-order valence-electron chi connectivity index (χ3n) is 6.70. The number of ether oxygens (including phenoxy) is 1. The minimum absolute atomic E-state index is 0.00218. The highest BCUT2D eigenvalue weighted by Gasteiger charge is 2.34. The highest BCUT2D eigenvalue weighted by atomic mass is 16.5. The molecule has 2 atom stereocenters. The molecule has 34 heavy (non-hydrogen) atoms. The van der Waals surface area contributed by atoms with Gasteiger partial charge in [-0.3, -0.25) is 4.79 Å². The van der Waals surface area contributed by atoms with Crippen LogP contribution in [-0.4, -0.2) is 26.7 Å². The van der Waals surface area contributed by atoms with E-state index >= 15 is 0 Å². The normalized spacial score (nSPS) is 20.0. The van der Waals surface area contributed by atoms with Gasteiger partial charge in [-0.15, -0.1) is 0 Å². The SMILES string of the molecule is Cc1cc2c(cc1CC(=O)O)nc(Nc1ccc(OC(C)C)cc1)n2[C@H]1C[C@@H](C)CC(C)(C)C1. The molecule has 0 unspecified atom stereocenters. The number of aryl methyl sites for hydroxylation is 1. The van der Waals surface area contributed by atoms with Gasteiger partial charge in [-0.2, -0.15) is 0 Å². The fraction of sp³-hybridized carbons (Fsp3) is 0.500. The Morgan fingerprint density at radius 2 is 1.94 bits per heavy atom. The van der Waals surface area contributed by atoms with Crippen LogP contribution in [0, 0.1) is 18.3 Å². The molecule has 3 aromatic rings. The molecule has 1 saturated carbocycles. The summed E-state index contributed by atoms with van der Waals surface area (Å²) in [5.41, 5.74) is 4.89. The molecule has 2 aromatic carbocycles. The number of benzene rings is 2. The van der Waals surface area contributed by atoms with Gasteiger partial charge in [-0.05, 0) is 98.9 Å². The molecule has 2 N–H and O–H groups in total. The molecule has 1 aliphatic carbocycles. The second kappa shape index (κ2) is 9.32. The summed E-state index contributed by atoms with van der Waals surface area (Å²) in [6.45, 7) is 13.1. The third kappa shape index (κ3) is 5.37. The summed E-state index contributed by atoms with van der Waals surface area (Å²) in [5, 5.41) is 12.9. The number of hydrogen-bond acceptors (Lipinski definition) is 4. The summed E-state index contributed by atoms with van der Waals surface area (Å²) in [5.74, 6) is 1.44. The minimum Gasteiger partial charge on any atom is -0.491 e. The zero-order valence-electron chi connectivity index (χ0n) is 21.2. The van der Waals surface area contributed by atoms with Crippen LogP contribution in [0.3, 0.4) is 0 Å². The molecule has 4 rings (SSSR count). The Morgan fingerprint density at radius 1 is 1.24 bits per heavy atom. The smallest absolute Gasteiger partial charge is 0.307 e. The van der Waals surface area contributed by atoms with Crippen LogP contribution in [0.4, 0.5) is 11.6 Å². The molecule has 0 bridgehead atoms. The number of imidazole rings is 1. The van der Waals surface area contributed by atoms with Crippen molar-refractivity contribution in [2.75, 3.05) is 5.32 Å². The molecular formula is C28H37N3O3. The molecule has 0 aliphatic heterocycles. The topological polar surface area (TPSA) is 76.4 Å². The van der Waals surface area contributed by atoms with E-state index in [-0.39, 0.29) is 17.9 Å². The average Bonchev–Trinajstić information content (AvgIpc) is 3.04. The first-order valence-corrected chi connectivity index (χ1v) is 12.3. The molecule has 182 valence electrons. The number of hydrogen-bond donors (Lipinski definition) is 2. The van der Waals surface area contributed by atoms with Crippen molar-refractivity contribution in [1.29, 1.82) is 0 Å². The number of aromatic nitrogens is 2. The van der Waals surface area contributed by atoms with E-state index in [9.17, 15) is 9.90 Å². The first-order valence-electron chi connectivity index (χ1n) is 12.3. The van der Waals surface area contributed by atoms with Crippen LogP contribution in [0.5, 0.6) is 5.75 Å². The van der Waals surface area contributed by atoms with Crippen LogP contribution in [0.1, 0.15) is 71.0 Å². The van der Waals surface area contributed by atoms with Crippen LogP contribution < -0.4 is 10.1 Å². The number of fused-ring (bicyclic) bond motifs is 1. The van der Waals surface area contributed by atoms with Gasteiger partial charge in [-0.1, -0.05) is 20.8 Å². The molecule has 1 aliphatic rings. The molecule has 0 radical (unpaired) electrons. The van der Waals surface area contributed by atoms with Gasteiger partial charge >= 0.3 is 5.97 Å². The monoisotopic (exact) mass is 463 g/mol. The molecule has 6 heteroatoms. The predicted molar refractivity (Wildman–Crippen MR) is 137 cm³/mol. The first kappa shape index (κ1) is 24.1. The Bertz CT molecular complexity index is 1180. The summed E-state index contributed by atoms with van der Waals surface area (Å²) in [6.07, 6.45) is 3.53. The standard InChI is InChI=1S/C28H37N3O3/c1-17(2)34-23-9-7-21(8-10-23)29-27-30-24-13-20(14-26(32)33)19(4)12-25(24)31(27)22-11-18(3)15-28(5,6)16-22/h7-10,12-13,17-18,22H,11,14-16H2,1-6H3,(H,29,30)(H,32,33)/t18-,22+/m1/s1. The number of anilines is 2. The minimum atomic E-state index is -0.827. The van der Waals surface area contributed by atoms with Crippen LogP contribution in [0.25, 0.3) is 11.0 Å². The van der Waals surface area contributed by atoms with Crippen molar-refractivity contribution in [3.05, 3.63) is 47.5 Å². The maximum Gasteiger partial charge on any atom is 0.307 e. The van der Waals surface area contributed by atoms with Crippen molar-refractivity contribution in [1.82, 2.24) is 9.55 Å². The third-order valence-corrected chi connectivity index (χ3v) is 6.70. The fourth-order valence-electron chi connectivity index (χ4n) is 5.61. The predicted octanol–water partition coefficient (Wildman–Crippen LogP) is 6.89. The summed E-state index contributed by atoms with van der Waals surface area (Å²) < 4.78 is 8.13. The summed E-state index contributed by atoms with van der Waals surface area (Å²) in [4.78, 5) is 16.3. The Hall–Kier alpha value is -3.02. The van der Waals surface area contributed by atoms with Crippen molar-refractivity contribution in [2.24, 2.45) is 11.3 Å². The van der Waals surface area contributed by atoms with Gasteiger partial charge < -0.3 is 19.7 Å². The van der Waals surface area contributed by atoms with Crippen LogP contribution in [0.15, 0.2) is 36.4 Å². The lowest BCUT2D eigenvalue weighted by molar-refractivity contribution is -0.136. The van der Waals surface area contributed by atoms with Crippen LogP contribution >= 0.6 is 0 Å². The quantitative estimate of drug-likeness (QED) is 0.399. The van der Waals surface area contributed by atoms with E-state index in [1.807, 2.05) is 51.1 Å². The molecule has 1 heterocycles. The van der Waals surface area contributed by atoms with Crippen molar-refractivity contribution in [3.8, 4) is 5.75 Å². The Balaban J connectivity index is 1.77. The van der Waals surface area contributed by atoms with Crippen LogP contribution in [0.2, 0.25) is 0 Å². The highest BCUT2D eigenvalue weighted by molar-refractivity contribution is 5.83. The lowest BCUT2D eigenvalue weighted by Gasteiger charge is -2.40. The van der Waals surface area contributed by atoms with Gasteiger partial charge in [0, 0.05) is 11.7 Å². The van der Waals surface area contributed by atoms with Gasteiger partial charge in [0.2, 0.25) is 5.95 Å². The van der Waals surface area contributed by atoms with E-state index < -0.39 is 5.97 Å². The Labute approximate surface area is 202 Å². The van der Waals surface area contributed by atoms with Crippen LogP contribution in [-0.2, 0) is 11.2 Å². The average molecular weight is 464 g/mol. The molecule has 0 amide bonds. The second-order valence-electron chi connectivity index (χ2n) is 11.0.